The number of halogens is 1. The number of nitrogens with zero attached hydrogens (tertiary/aromatic N) is 2. The Hall–Kier alpha value is -1.99. The van der Waals surface area contributed by atoms with Crippen LogP contribution >= 0.6 is 15.9 Å². The highest BCUT2D eigenvalue weighted by Crippen LogP contribution is 2.30. The summed E-state index contributed by atoms with van der Waals surface area (Å²) in [5, 5.41) is 19.7. The van der Waals surface area contributed by atoms with Crippen LogP contribution in [0.3, 0.4) is 0 Å². The zero-order valence-electron chi connectivity index (χ0n) is 14.6. The molecule has 1 fully saturated rings. The van der Waals surface area contributed by atoms with Crippen molar-refractivity contribution < 1.29 is 27.6 Å². The number of anilines is 1. The van der Waals surface area contributed by atoms with E-state index in [0.717, 1.165) is 10.6 Å². The number of nitrogen functional groups attached to an aromatic ring is 1. The summed E-state index contributed by atoms with van der Waals surface area (Å²) in [6.07, 6.45) is -1.48. The van der Waals surface area contributed by atoms with Crippen molar-refractivity contribution in [2.75, 3.05) is 12.3 Å². The number of hydrogen-bond donors (Lipinski definition) is 3. The van der Waals surface area contributed by atoms with Gasteiger partial charge in [-0.1, -0.05) is 6.07 Å². The molecule has 12 heteroatoms. The maximum Gasteiger partial charge on any atom is 0.351 e. The number of aliphatic hydroxyl groups is 1. The number of aryl methyl sites for hydroxylation is 1. The Bertz CT molecular complexity index is 1060. The largest absolute Gasteiger partial charge is 0.508 e. The summed E-state index contributed by atoms with van der Waals surface area (Å²) >= 11 is 3.16. The number of phenolic OH excluding ortho intramolecular Hbond substituents is 1. The Morgan fingerprint density at radius 3 is 2.89 bits per heavy atom. The quantitative estimate of drug-likeness (QED) is 0.528. The molecule has 3 rings (SSSR count). The molecule has 10 nitrogen and oxygen atoms in total. The average Bonchev–Trinajstić information content (AvgIpc) is 2.99. The van der Waals surface area contributed by atoms with Crippen LogP contribution < -0.4 is 11.4 Å². The molecule has 1 aliphatic heterocycles. The molecular formula is C16H18BrN3O7S. The molecular weight excluding hydrogens is 458 g/mol. The number of phenols is 1. The van der Waals surface area contributed by atoms with Crippen LogP contribution in [0.2, 0.25) is 0 Å². The summed E-state index contributed by atoms with van der Waals surface area (Å²) in [4.78, 5) is 15.5. The van der Waals surface area contributed by atoms with Gasteiger partial charge in [-0.2, -0.15) is 13.4 Å². The van der Waals surface area contributed by atoms with Crippen LogP contribution in [0.5, 0.6) is 5.75 Å². The van der Waals surface area contributed by atoms with E-state index in [4.69, 9.17) is 14.7 Å². The third-order valence-electron chi connectivity index (χ3n) is 4.28. The first-order valence-electron chi connectivity index (χ1n) is 8.15. The van der Waals surface area contributed by atoms with Gasteiger partial charge in [0.25, 0.3) is 10.1 Å². The van der Waals surface area contributed by atoms with Crippen molar-refractivity contribution in [3.05, 3.63) is 44.9 Å². The van der Waals surface area contributed by atoms with Crippen LogP contribution in [0.1, 0.15) is 18.2 Å². The third-order valence-corrected chi connectivity index (χ3v) is 6.31. The van der Waals surface area contributed by atoms with Crippen LogP contribution in [0.15, 0.2) is 38.6 Å². The van der Waals surface area contributed by atoms with Crippen molar-refractivity contribution >= 4 is 31.9 Å². The Balaban J connectivity index is 1.73. The molecule has 28 heavy (non-hydrogen) atoms. The minimum Gasteiger partial charge on any atom is -0.508 e. The summed E-state index contributed by atoms with van der Waals surface area (Å²) < 4.78 is 36.9. The molecule has 2 heterocycles. The molecule has 0 saturated carbocycles. The second-order valence-electron chi connectivity index (χ2n) is 6.28. The van der Waals surface area contributed by atoms with Crippen molar-refractivity contribution in [3.8, 4) is 5.75 Å². The highest BCUT2D eigenvalue weighted by atomic mass is 79.9. The fourth-order valence-electron chi connectivity index (χ4n) is 2.78. The smallest absolute Gasteiger partial charge is 0.351 e. The first-order valence-corrected chi connectivity index (χ1v) is 10.4. The molecule has 152 valence electrons. The van der Waals surface area contributed by atoms with E-state index in [9.17, 15) is 23.4 Å². The standard InChI is InChI=1S/C16H18BrN3O7S/c1-8-2-3-9(21)4-13(8)28(24,25)26-7-12-11(22)5-14(27-12)20-6-10(17)15(18)19-16(20)23/h2-4,6,11-12,14,21-22H,5,7H2,1H3,(H2,18,19,23)/t11-,12+,14+/m0/s1. The molecule has 0 unspecified atom stereocenters. The van der Waals surface area contributed by atoms with Gasteiger partial charge >= 0.3 is 5.69 Å². The zero-order valence-corrected chi connectivity index (χ0v) is 17.1. The van der Waals surface area contributed by atoms with Gasteiger partial charge in [0.15, 0.2) is 0 Å². The molecule has 0 radical (unpaired) electrons. The molecule has 1 aromatic carbocycles. The van der Waals surface area contributed by atoms with Gasteiger partial charge < -0.3 is 20.7 Å². The summed E-state index contributed by atoms with van der Waals surface area (Å²) in [6.45, 7) is 1.10. The van der Waals surface area contributed by atoms with Crippen LogP contribution in [-0.2, 0) is 19.0 Å². The molecule has 2 aromatic rings. The van der Waals surface area contributed by atoms with E-state index >= 15 is 0 Å². The summed E-state index contributed by atoms with van der Waals surface area (Å²) in [7, 11) is -4.18. The van der Waals surface area contributed by atoms with E-state index in [1.165, 1.54) is 18.3 Å². The first kappa shape index (κ1) is 20.7. The third kappa shape index (κ3) is 4.20. The van der Waals surface area contributed by atoms with Gasteiger partial charge in [0.1, 0.15) is 28.8 Å². The molecule has 0 spiro atoms. The monoisotopic (exact) mass is 475 g/mol. The molecule has 0 bridgehead atoms. The van der Waals surface area contributed by atoms with Gasteiger partial charge in [0, 0.05) is 18.7 Å². The Morgan fingerprint density at radius 1 is 1.46 bits per heavy atom. The summed E-state index contributed by atoms with van der Waals surface area (Å²) in [5.74, 6) is -0.196. The van der Waals surface area contributed by atoms with Crippen LogP contribution in [0.4, 0.5) is 5.82 Å². The lowest BCUT2D eigenvalue weighted by Crippen LogP contribution is -2.29. The predicted molar refractivity (Wildman–Crippen MR) is 101 cm³/mol. The van der Waals surface area contributed by atoms with Crippen molar-refractivity contribution in [3.63, 3.8) is 0 Å². The second kappa shape index (κ2) is 7.79. The number of aliphatic hydroxyl groups excluding tert-OH is 1. The number of aromatic nitrogens is 2. The normalized spacial score (nSPS) is 22.5. The van der Waals surface area contributed by atoms with E-state index in [1.54, 1.807) is 6.92 Å². The predicted octanol–water partition coefficient (Wildman–Crippen LogP) is 0.656. The van der Waals surface area contributed by atoms with E-state index in [2.05, 4.69) is 20.9 Å². The van der Waals surface area contributed by atoms with E-state index in [0.29, 0.717) is 10.0 Å². The lowest BCUT2D eigenvalue weighted by molar-refractivity contribution is -0.0399. The van der Waals surface area contributed by atoms with Gasteiger partial charge in [-0.3, -0.25) is 8.75 Å². The van der Waals surface area contributed by atoms with Crippen LogP contribution in [0, 0.1) is 6.92 Å². The van der Waals surface area contributed by atoms with Crippen LogP contribution in [0.25, 0.3) is 0 Å². The molecule has 0 amide bonds. The zero-order chi connectivity index (χ0) is 20.6. The van der Waals surface area contributed by atoms with Crippen molar-refractivity contribution in [2.24, 2.45) is 0 Å². The van der Waals surface area contributed by atoms with Crippen molar-refractivity contribution in [1.29, 1.82) is 0 Å². The summed E-state index contributed by atoms with van der Waals surface area (Å²) in [5.41, 5.74) is 5.28. The van der Waals surface area contributed by atoms with E-state index in [-0.39, 0.29) is 22.9 Å². The molecule has 1 saturated heterocycles. The minimum absolute atomic E-state index is 0.0206. The number of nitrogens with two attached hydrogens (primary N) is 1. The lowest BCUT2D eigenvalue weighted by Gasteiger charge is -2.17. The minimum atomic E-state index is -4.18. The SMILES string of the molecule is Cc1ccc(O)cc1S(=O)(=O)OC[C@H]1O[C@@H](n2cc(Br)c(N)nc2=O)C[C@@H]1O. The van der Waals surface area contributed by atoms with Gasteiger partial charge in [0.2, 0.25) is 0 Å². The van der Waals surface area contributed by atoms with Gasteiger partial charge in [-0.05, 0) is 34.5 Å². The van der Waals surface area contributed by atoms with Crippen LogP contribution in [-0.4, -0.2) is 47.0 Å². The van der Waals surface area contributed by atoms with Crippen molar-refractivity contribution in [2.45, 2.75) is 36.7 Å². The average molecular weight is 476 g/mol. The highest BCUT2D eigenvalue weighted by molar-refractivity contribution is 9.10. The van der Waals surface area contributed by atoms with Gasteiger partial charge in [0.05, 0.1) is 17.2 Å². The fraction of sp³-hybridized carbons (Fsp3) is 0.375. The molecule has 0 aliphatic carbocycles. The summed E-state index contributed by atoms with van der Waals surface area (Å²) in [6, 6.07) is 3.89. The lowest BCUT2D eigenvalue weighted by atomic mass is 10.2. The maximum atomic E-state index is 12.4. The topological polar surface area (TPSA) is 154 Å². The molecule has 1 aromatic heterocycles. The molecule has 4 N–H and O–H groups in total. The van der Waals surface area contributed by atoms with Gasteiger partial charge in [-0.15, -0.1) is 0 Å². The maximum absolute atomic E-state index is 12.4. The number of hydrogen-bond acceptors (Lipinski definition) is 9. The first-order chi connectivity index (χ1) is 13.1. The molecule has 1 aliphatic rings. The highest BCUT2D eigenvalue weighted by Gasteiger charge is 2.37. The van der Waals surface area contributed by atoms with Crippen molar-refractivity contribution in [1.82, 2.24) is 9.55 Å². The fourth-order valence-corrected chi connectivity index (χ4v) is 4.26. The number of rotatable bonds is 5. The van der Waals surface area contributed by atoms with Gasteiger partial charge in [-0.25, -0.2) is 4.79 Å². The Morgan fingerprint density at radius 2 is 2.18 bits per heavy atom. The number of ether oxygens (including phenoxy) is 1. The number of aromatic hydroxyl groups is 1. The second-order valence-corrected chi connectivity index (χ2v) is 8.72. The Labute approximate surface area is 168 Å². The molecule has 3 atom stereocenters. The van der Waals surface area contributed by atoms with E-state index < -0.39 is 40.9 Å². The van der Waals surface area contributed by atoms with E-state index in [1.807, 2.05) is 0 Å². The number of benzene rings is 1. The Kier molecular flexibility index (Phi) is 5.77.